The third kappa shape index (κ3) is 3.32. The number of carbonyl (C=O) groups excluding carboxylic acids is 2. The smallest absolute Gasteiger partial charge is 0.355 e. The third-order valence-electron chi connectivity index (χ3n) is 4.11. The van der Waals surface area contributed by atoms with Crippen molar-refractivity contribution in [2.45, 2.75) is 0 Å². The quantitative estimate of drug-likeness (QED) is 0.788. The molecule has 0 aromatic heterocycles. The molecule has 3 rings (SSSR count). The van der Waals surface area contributed by atoms with Gasteiger partial charge >= 0.3 is 11.9 Å². The molecule has 0 fully saturated rings. The van der Waals surface area contributed by atoms with E-state index in [0.29, 0.717) is 0 Å². The highest BCUT2D eigenvalue weighted by Crippen LogP contribution is 2.35. The molecule has 0 saturated heterocycles. The fourth-order valence-corrected chi connectivity index (χ4v) is 2.90. The van der Waals surface area contributed by atoms with Crippen molar-refractivity contribution >= 4 is 17.6 Å². The molecule has 0 bridgehead atoms. The van der Waals surface area contributed by atoms with E-state index in [2.05, 4.69) is 0 Å². The second kappa shape index (κ2) is 7.84. The molecule has 2 aromatic rings. The molecular weight excluding hydrogens is 334 g/mol. The predicted molar refractivity (Wildman–Crippen MR) is 96.2 cm³/mol. The Kier molecular flexibility index (Phi) is 5.34. The summed E-state index contributed by atoms with van der Waals surface area (Å²) < 4.78 is 15.3. The lowest BCUT2D eigenvalue weighted by atomic mass is 10.0. The summed E-state index contributed by atoms with van der Waals surface area (Å²) in [5, 5.41) is 0. The zero-order valence-corrected chi connectivity index (χ0v) is 14.6. The predicted octanol–water partition coefficient (Wildman–Crippen LogP) is 2.75. The third-order valence-corrected chi connectivity index (χ3v) is 4.11. The molecule has 6 heteroatoms. The van der Waals surface area contributed by atoms with E-state index in [1.54, 1.807) is 4.90 Å². The molecule has 0 radical (unpaired) electrons. The lowest BCUT2D eigenvalue weighted by Gasteiger charge is -2.32. The van der Waals surface area contributed by atoms with Gasteiger partial charge in [-0.25, -0.2) is 9.59 Å². The monoisotopic (exact) mass is 353 g/mol. The highest BCUT2D eigenvalue weighted by molar-refractivity contribution is 6.04. The standard InChI is InChI=1S/C20H19NO5/c1-24-19(22)16-12-26-13-21(18(16)20(23)25-2)17-11-7-6-10-15(17)14-8-4-3-5-9-14/h3-11H,12-13H2,1-2H3. The fourth-order valence-electron chi connectivity index (χ4n) is 2.90. The van der Waals surface area contributed by atoms with Crippen LogP contribution in [0.2, 0.25) is 0 Å². The van der Waals surface area contributed by atoms with Crippen LogP contribution in [0.3, 0.4) is 0 Å². The summed E-state index contributed by atoms with van der Waals surface area (Å²) >= 11 is 0. The first kappa shape index (κ1) is 17.7. The van der Waals surface area contributed by atoms with Crippen LogP contribution in [0.15, 0.2) is 65.9 Å². The molecule has 2 aromatic carbocycles. The number of esters is 2. The number of hydrogen-bond acceptors (Lipinski definition) is 6. The molecule has 1 aliphatic heterocycles. The Bertz CT molecular complexity index is 844. The van der Waals surface area contributed by atoms with E-state index in [9.17, 15) is 9.59 Å². The lowest BCUT2D eigenvalue weighted by Crippen LogP contribution is -2.39. The van der Waals surface area contributed by atoms with Crippen LogP contribution in [-0.2, 0) is 23.8 Å². The zero-order chi connectivity index (χ0) is 18.5. The minimum Gasteiger partial charge on any atom is -0.466 e. The number of ether oxygens (including phenoxy) is 3. The highest BCUT2D eigenvalue weighted by Gasteiger charge is 2.33. The zero-order valence-electron chi connectivity index (χ0n) is 14.6. The van der Waals surface area contributed by atoms with E-state index in [4.69, 9.17) is 14.2 Å². The largest absolute Gasteiger partial charge is 0.466 e. The van der Waals surface area contributed by atoms with Crippen LogP contribution in [0, 0.1) is 0 Å². The summed E-state index contributed by atoms with van der Waals surface area (Å²) in [5.74, 6) is -1.23. The van der Waals surface area contributed by atoms with Crippen molar-refractivity contribution in [3.8, 4) is 11.1 Å². The number of hydrogen-bond donors (Lipinski definition) is 0. The van der Waals surface area contributed by atoms with E-state index in [1.807, 2.05) is 54.6 Å². The van der Waals surface area contributed by atoms with Crippen molar-refractivity contribution in [2.75, 3.05) is 32.5 Å². The second-order valence-electron chi connectivity index (χ2n) is 5.60. The Morgan fingerprint density at radius 1 is 0.923 bits per heavy atom. The summed E-state index contributed by atoms with van der Waals surface area (Å²) in [4.78, 5) is 26.2. The van der Waals surface area contributed by atoms with Crippen molar-refractivity contribution in [1.82, 2.24) is 0 Å². The van der Waals surface area contributed by atoms with Gasteiger partial charge in [0.1, 0.15) is 12.4 Å². The van der Waals surface area contributed by atoms with Crippen molar-refractivity contribution < 1.29 is 23.8 Å². The molecule has 0 unspecified atom stereocenters. The number of methoxy groups -OCH3 is 2. The summed E-state index contributed by atoms with van der Waals surface area (Å²) in [7, 11) is 2.54. The number of rotatable bonds is 4. The van der Waals surface area contributed by atoms with Gasteiger partial charge < -0.3 is 19.1 Å². The van der Waals surface area contributed by atoms with Gasteiger partial charge in [-0.2, -0.15) is 0 Å². The van der Waals surface area contributed by atoms with Crippen LogP contribution in [-0.4, -0.2) is 39.5 Å². The maximum Gasteiger partial charge on any atom is 0.355 e. The summed E-state index contributed by atoms with van der Waals surface area (Å²) in [5.41, 5.74) is 2.89. The molecule has 0 N–H and O–H groups in total. The molecule has 0 saturated carbocycles. The molecule has 6 nitrogen and oxygen atoms in total. The number of anilines is 1. The van der Waals surface area contributed by atoms with Gasteiger partial charge in [0, 0.05) is 5.56 Å². The summed E-state index contributed by atoms with van der Waals surface area (Å²) in [6.45, 7) is 0.107. The molecule has 0 atom stereocenters. The number of benzene rings is 2. The van der Waals surface area contributed by atoms with Crippen LogP contribution >= 0.6 is 0 Å². The van der Waals surface area contributed by atoms with Crippen molar-refractivity contribution in [2.24, 2.45) is 0 Å². The lowest BCUT2D eigenvalue weighted by molar-refractivity contribution is -0.140. The van der Waals surface area contributed by atoms with Gasteiger partial charge in [0.15, 0.2) is 0 Å². The van der Waals surface area contributed by atoms with Crippen LogP contribution in [0.1, 0.15) is 0 Å². The molecule has 26 heavy (non-hydrogen) atoms. The molecule has 0 spiro atoms. The number of para-hydroxylation sites is 1. The molecule has 134 valence electrons. The minimum atomic E-state index is -0.618. The highest BCUT2D eigenvalue weighted by atomic mass is 16.5. The maximum atomic E-state index is 12.4. The first-order chi connectivity index (χ1) is 12.7. The second-order valence-corrected chi connectivity index (χ2v) is 5.60. The first-order valence-corrected chi connectivity index (χ1v) is 8.07. The van der Waals surface area contributed by atoms with Crippen molar-refractivity contribution in [3.05, 3.63) is 65.9 Å². The van der Waals surface area contributed by atoms with Gasteiger partial charge in [0.2, 0.25) is 0 Å². The van der Waals surface area contributed by atoms with Gasteiger partial charge in [-0.05, 0) is 11.6 Å². The van der Waals surface area contributed by atoms with E-state index in [0.717, 1.165) is 16.8 Å². The molecule has 1 aliphatic rings. The van der Waals surface area contributed by atoms with E-state index >= 15 is 0 Å². The van der Waals surface area contributed by atoms with E-state index in [1.165, 1.54) is 14.2 Å². The normalized spacial score (nSPS) is 14.2. The first-order valence-electron chi connectivity index (χ1n) is 8.07. The maximum absolute atomic E-state index is 12.4. The van der Waals surface area contributed by atoms with Crippen LogP contribution in [0.5, 0.6) is 0 Å². The number of nitrogens with zero attached hydrogens (tertiary/aromatic N) is 1. The summed E-state index contributed by atoms with van der Waals surface area (Å²) in [6, 6.07) is 17.4. The van der Waals surface area contributed by atoms with E-state index < -0.39 is 11.9 Å². The SMILES string of the molecule is COC(=O)C1=C(C(=O)OC)N(c2ccccc2-c2ccccc2)COC1. The Morgan fingerprint density at radius 2 is 1.58 bits per heavy atom. The fraction of sp³-hybridized carbons (Fsp3) is 0.200. The molecular formula is C20H19NO5. The Hall–Kier alpha value is -3.12. The van der Waals surface area contributed by atoms with Crippen LogP contribution in [0.4, 0.5) is 5.69 Å². The van der Waals surface area contributed by atoms with Crippen molar-refractivity contribution in [3.63, 3.8) is 0 Å². The van der Waals surface area contributed by atoms with Gasteiger partial charge in [0.25, 0.3) is 0 Å². The Labute approximate surface area is 151 Å². The van der Waals surface area contributed by atoms with Gasteiger partial charge in [0.05, 0.1) is 32.1 Å². The Morgan fingerprint density at radius 3 is 2.27 bits per heavy atom. The van der Waals surface area contributed by atoms with Crippen LogP contribution in [0.25, 0.3) is 11.1 Å². The van der Waals surface area contributed by atoms with Gasteiger partial charge in [-0.3, -0.25) is 0 Å². The van der Waals surface area contributed by atoms with Crippen molar-refractivity contribution in [1.29, 1.82) is 0 Å². The topological polar surface area (TPSA) is 65.1 Å². The van der Waals surface area contributed by atoms with Gasteiger partial charge in [-0.15, -0.1) is 0 Å². The minimum absolute atomic E-state index is 0.0128. The number of carbonyl (C=O) groups is 2. The Balaban J connectivity index is 2.16. The van der Waals surface area contributed by atoms with Crippen LogP contribution < -0.4 is 4.90 Å². The van der Waals surface area contributed by atoms with E-state index in [-0.39, 0.29) is 24.6 Å². The average molecular weight is 353 g/mol. The van der Waals surface area contributed by atoms with Gasteiger partial charge in [-0.1, -0.05) is 48.5 Å². The molecule has 0 aliphatic carbocycles. The molecule has 0 amide bonds. The molecule has 1 heterocycles. The summed E-state index contributed by atoms with van der Waals surface area (Å²) in [6.07, 6.45) is 0. The average Bonchev–Trinajstić information content (AvgIpc) is 2.72.